The van der Waals surface area contributed by atoms with Crippen molar-refractivity contribution in [2.75, 3.05) is 49.9 Å². The summed E-state index contributed by atoms with van der Waals surface area (Å²) >= 11 is 0. The third-order valence-electron chi connectivity index (χ3n) is 5.12. The largest absolute Gasteiger partial charge is 0.367 e. The number of amides is 1. The van der Waals surface area contributed by atoms with E-state index >= 15 is 0 Å². The number of anilines is 2. The summed E-state index contributed by atoms with van der Waals surface area (Å²) in [6.07, 6.45) is 1.92. The second kappa shape index (κ2) is 9.49. The number of piperazine rings is 1. The van der Waals surface area contributed by atoms with Crippen molar-refractivity contribution in [3.8, 4) is 0 Å². The Bertz CT molecular complexity index is 982. The van der Waals surface area contributed by atoms with Crippen LogP contribution in [0.15, 0.2) is 47.4 Å². The van der Waals surface area contributed by atoms with Gasteiger partial charge in [-0.05, 0) is 42.3 Å². The van der Waals surface area contributed by atoms with Crippen LogP contribution in [0.5, 0.6) is 0 Å². The van der Waals surface area contributed by atoms with Gasteiger partial charge in [-0.1, -0.05) is 25.5 Å². The molecule has 0 unspecified atom stereocenters. The Hall–Kier alpha value is -2.58. The first-order valence-corrected chi connectivity index (χ1v) is 11.7. The molecule has 7 nitrogen and oxygen atoms in total. The summed E-state index contributed by atoms with van der Waals surface area (Å²) in [6, 6.07) is 12.2. The van der Waals surface area contributed by atoms with Crippen LogP contribution in [0.3, 0.4) is 0 Å². The molecule has 1 fully saturated rings. The van der Waals surface area contributed by atoms with Gasteiger partial charge in [0.25, 0.3) is 15.9 Å². The standard InChI is InChI=1S/C22H30N4O3S/c1-4-5-17-6-9-19(10-7-17)30(28,29)24-20-16-18(22(27)25(2)3)8-11-21(20)26-14-12-23-13-15-26/h6-11,16,23-24H,4-5,12-15H2,1-3H3. The molecule has 1 heterocycles. The highest BCUT2D eigenvalue weighted by Gasteiger charge is 2.21. The molecule has 8 heteroatoms. The lowest BCUT2D eigenvalue weighted by molar-refractivity contribution is 0.0827. The Morgan fingerprint density at radius 3 is 2.37 bits per heavy atom. The average molecular weight is 431 g/mol. The van der Waals surface area contributed by atoms with Crippen LogP contribution in [0.25, 0.3) is 0 Å². The molecule has 2 aromatic carbocycles. The Kier molecular flexibility index (Phi) is 6.99. The molecule has 1 saturated heterocycles. The topological polar surface area (TPSA) is 81.8 Å². The molecule has 2 N–H and O–H groups in total. The van der Waals surface area contributed by atoms with E-state index in [2.05, 4.69) is 21.9 Å². The molecule has 0 atom stereocenters. The van der Waals surface area contributed by atoms with E-state index in [1.807, 2.05) is 18.2 Å². The molecular formula is C22H30N4O3S. The maximum absolute atomic E-state index is 13.1. The Labute approximate surface area is 179 Å². The van der Waals surface area contributed by atoms with Crippen LogP contribution < -0.4 is 14.9 Å². The minimum Gasteiger partial charge on any atom is -0.367 e. The summed E-state index contributed by atoms with van der Waals surface area (Å²) in [6.45, 7) is 5.27. The number of hydrogen-bond acceptors (Lipinski definition) is 5. The molecule has 1 aliphatic heterocycles. The molecule has 3 rings (SSSR count). The maximum Gasteiger partial charge on any atom is 0.261 e. The molecular weight excluding hydrogens is 400 g/mol. The Morgan fingerprint density at radius 2 is 1.77 bits per heavy atom. The maximum atomic E-state index is 13.1. The third kappa shape index (κ3) is 5.12. The van der Waals surface area contributed by atoms with E-state index < -0.39 is 10.0 Å². The molecule has 162 valence electrons. The lowest BCUT2D eigenvalue weighted by Crippen LogP contribution is -2.43. The number of carbonyl (C=O) groups excluding carboxylic acids is 1. The predicted molar refractivity (Wildman–Crippen MR) is 121 cm³/mol. The van der Waals surface area contributed by atoms with Gasteiger partial charge in [-0.15, -0.1) is 0 Å². The highest BCUT2D eigenvalue weighted by molar-refractivity contribution is 7.92. The molecule has 0 aliphatic carbocycles. The fraction of sp³-hybridized carbons (Fsp3) is 0.409. The van der Waals surface area contributed by atoms with Crippen molar-refractivity contribution in [2.45, 2.75) is 24.7 Å². The first-order valence-electron chi connectivity index (χ1n) is 10.2. The van der Waals surface area contributed by atoms with Crippen LogP contribution >= 0.6 is 0 Å². The number of rotatable bonds is 7. The Balaban J connectivity index is 1.96. The van der Waals surface area contributed by atoms with Gasteiger partial charge in [0.05, 0.1) is 16.3 Å². The summed E-state index contributed by atoms with van der Waals surface area (Å²) in [5.74, 6) is -0.175. The van der Waals surface area contributed by atoms with Crippen molar-refractivity contribution in [1.82, 2.24) is 10.2 Å². The van der Waals surface area contributed by atoms with Gasteiger partial charge in [-0.25, -0.2) is 8.42 Å². The van der Waals surface area contributed by atoms with Crippen molar-refractivity contribution in [3.05, 3.63) is 53.6 Å². The Morgan fingerprint density at radius 1 is 1.10 bits per heavy atom. The second-order valence-electron chi connectivity index (χ2n) is 7.67. The third-order valence-corrected chi connectivity index (χ3v) is 6.51. The zero-order chi connectivity index (χ0) is 21.7. The quantitative estimate of drug-likeness (QED) is 0.706. The number of sulfonamides is 1. The van der Waals surface area contributed by atoms with Crippen LogP contribution in [0.1, 0.15) is 29.3 Å². The summed E-state index contributed by atoms with van der Waals surface area (Å²) in [5.41, 5.74) is 2.74. The number of benzene rings is 2. The summed E-state index contributed by atoms with van der Waals surface area (Å²) in [7, 11) is -0.436. The molecule has 1 aliphatic rings. The van der Waals surface area contributed by atoms with Crippen LogP contribution in [-0.4, -0.2) is 59.5 Å². The van der Waals surface area contributed by atoms with E-state index in [4.69, 9.17) is 0 Å². The van der Waals surface area contributed by atoms with Crippen LogP contribution in [0, 0.1) is 0 Å². The average Bonchev–Trinajstić information content (AvgIpc) is 2.74. The van der Waals surface area contributed by atoms with Gasteiger partial charge >= 0.3 is 0 Å². The van der Waals surface area contributed by atoms with Gasteiger partial charge in [0.2, 0.25) is 0 Å². The monoisotopic (exact) mass is 430 g/mol. The fourth-order valence-corrected chi connectivity index (χ4v) is 4.58. The molecule has 0 bridgehead atoms. The molecule has 0 aromatic heterocycles. The van der Waals surface area contributed by atoms with Gasteiger partial charge in [0.15, 0.2) is 0 Å². The first kappa shape index (κ1) is 22.1. The number of aryl methyl sites for hydroxylation is 1. The van der Waals surface area contributed by atoms with Gasteiger partial charge in [-0.2, -0.15) is 0 Å². The minimum atomic E-state index is -3.79. The zero-order valence-electron chi connectivity index (χ0n) is 17.8. The van der Waals surface area contributed by atoms with E-state index in [1.165, 1.54) is 4.90 Å². The predicted octanol–water partition coefficient (Wildman–Crippen LogP) is 2.55. The van der Waals surface area contributed by atoms with E-state index in [-0.39, 0.29) is 10.8 Å². The van der Waals surface area contributed by atoms with E-state index in [0.717, 1.165) is 50.3 Å². The van der Waals surface area contributed by atoms with E-state index in [1.54, 1.807) is 38.4 Å². The van der Waals surface area contributed by atoms with Gasteiger partial charge < -0.3 is 15.1 Å². The van der Waals surface area contributed by atoms with Gasteiger partial charge in [0, 0.05) is 45.8 Å². The number of hydrogen-bond donors (Lipinski definition) is 2. The fourth-order valence-electron chi connectivity index (χ4n) is 3.52. The molecule has 0 radical (unpaired) electrons. The molecule has 2 aromatic rings. The molecule has 0 saturated carbocycles. The molecule has 30 heavy (non-hydrogen) atoms. The highest BCUT2D eigenvalue weighted by atomic mass is 32.2. The van der Waals surface area contributed by atoms with Crippen molar-refractivity contribution in [3.63, 3.8) is 0 Å². The van der Waals surface area contributed by atoms with E-state index in [9.17, 15) is 13.2 Å². The SMILES string of the molecule is CCCc1ccc(S(=O)(=O)Nc2cc(C(=O)N(C)C)ccc2N2CCNCC2)cc1. The minimum absolute atomic E-state index is 0.175. The van der Waals surface area contributed by atoms with Crippen molar-refractivity contribution in [2.24, 2.45) is 0 Å². The zero-order valence-corrected chi connectivity index (χ0v) is 18.6. The smallest absolute Gasteiger partial charge is 0.261 e. The summed E-state index contributed by atoms with van der Waals surface area (Å²) in [5, 5.41) is 3.30. The number of nitrogens with zero attached hydrogens (tertiary/aromatic N) is 2. The lowest BCUT2D eigenvalue weighted by Gasteiger charge is -2.31. The van der Waals surface area contributed by atoms with Gasteiger partial charge in [0.1, 0.15) is 0 Å². The van der Waals surface area contributed by atoms with E-state index in [0.29, 0.717) is 11.3 Å². The highest BCUT2D eigenvalue weighted by Crippen LogP contribution is 2.30. The van der Waals surface area contributed by atoms with Crippen molar-refractivity contribution < 1.29 is 13.2 Å². The molecule has 0 spiro atoms. The van der Waals surface area contributed by atoms with Crippen LogP contribution in [0.2, 0.25) is 0 Å². The van der Waals surface area contributed by atoms with Gasteiger partial charge in [-0.3, -0.25) is 9.52 Å². The lowest BCUT2D eigenvalue weighted by atomic mass is 10.1. The number of carbonyl (C=O) groups is 1. The van der Waals surface area contributed by atoms with Crippen LogP contribution in [-0.2, 0) is 16.4 Å². The first-order chi connectivity index (χ1) is 14.3. The van der Waals surface area contributed by atoms with Crippen molar-refractivity contribution in [1.29, 1.82) is 0 Å². The van der Waals surface area contributed by atoms with Crippen LogP contribution in [0.4, 0.5) is 11.4 Å². The normalized spacial score (nSPS) is 14.4. The second-order valence-corrected chi connectivity index (χ2v) is 9.35. The number of nitrogens with one attached hydrogen (secondary N) is 2. The summed E-state index contributed by atoms with van der Waals surface area (Å²) in [4.78, 5) is 16.3. The summed E-state index contributed by atoms with van der Waals surface area (Å²) < 4.78 is 28.9. The molecule has 1 amide bonds. The van der Waals surface area contributed by atoms with Crippen molar-refractivity contribution >= 4 is 27.3 Å².